The molecule has 0 unspecified atom stereocenters. The van der Waals surface area contributed by atoms with Crippen LogP contribution in [0.1, 0.15) is 30.0 Å². The van der Waals surface area contributed by atoms with Crippen molar-refractivity contribution in [2.24, 2.45) is 0 Å². The first-order valence-corrected chi connectivity index (χ1v) is 11.1. The summed E-state index contributed by atoms with van der Waals surface area (Å²) in [7, 11) is 0. The van der Waals surface area contributed by atoms with E-state index >= 15 is 0 Å². The highest BCUT2D eigenvalue weighted by molar-refractivity contribution is 8.01. The van der Waals surface area contributed by atoms with Crippen molar-refractivity contribution in [2.45, 2.75) is 29.6 Å². The van der Waals surface area contributed by atoms with Crippen LogP contribution in [0.2, 0.25) is 0 Å². The second kappa shape index (κ2) is 8.37. The first-order chi connectivity index (χ1) is 13.2. The predicted octanol–water partition coefficient (Wildman–Crippen LogP) is 4.95. The fraction of sp³-hybridized carbons (Fsp3) is 0.250. The van der Waals surface area contributed by atoms with Crippen molar-refractivity contribution in [3.8, 4) is 5.69 Å². The molecule has 7 heteroatoms. The maximum absolute atomic E-state index is 12.5. The molecule has 27 heavy (non-hydrogen) atoms. The van der Waals surface area contributed by atoms with Crippen molar-refractivity contribution in [1.29, 1.82) is 0 Å². The lowest BCUT2D eigenvalue weighted by atomic mass is 9.88. The zero-order valence-corrected chi connectivity index (χ0v) is 17.1. The highest BCUT2D eigenvalue weighted by Crippen LogP contribution is 2.30. The Morgan fingerprint density at radius 1 is 1.22 bits per heavy atom. The number of benzene rings is 2. The number of amides is 1. The van der Waals surface area contributed by atoms with Crippen LogP contribution >= 0.6 is 35.3 Å². The van der Waals surface area contributed by atoms with Crippen molar-refractivity contribution in [3.63, 3.8) is 0 Å². The number of nitrogens with one attached hydrogen (secondary N) is 1. The number of hydrogen-bond donors (Lipinski definition) is 1. The summed E-state index contributed by atoms with van der Waals surface area (Å²) in [4.78, 5) is 12.5. The third kappa shape index (κ3) is 4.31. The summed E-state index contributed by atoms with van der Waals surface area (Å²) in [6.07, 6.45) is 3.20. The van der Waals surface area contributed by atoms with Gasteiger partial charge in [0.25, 0.3) is 0 Å². The molecule has 1 aliphatic carbocycles. The molecule has 1 amide bonds. The number of para-hydroxylation sites is 1. The molecule has 3 aromatic rings. The molecule has 1 N–H and O–H groups in total. The van der Waals surface area contributed by atoms with Crippen LogP contribution in [0.15, 0.2) is 58.9 Å². The van der Waals surface area contributed by atoms with Crippen LogP contribution in [0.4, 0.5) is 0 Å². The Morgan fingerprint density at radius 2 is 2.00 bits per heavy atom. The smallest absolute Gasteiger partial charge is 0.230 e. The standard InChI is InChI=1S/C20H19N3OS3/c24-18(21-17-12-6-8-14-7-4-5-11-16(14)17)13-26-19-22-23(20(25)27-19)15-9-2-1-3-10-15/h1-5,7,9-11,17H,6,8,12-13H2,(H,21,24)/t17-/m0/s1. The molecule has 4 rings (SSSR count). The number of hydrogen-bond acceptors (Lipinski definition) is 5. The normalized spacial score (nSPS) is 15.9. The van der Waals surface area contributed by atoms with Gasteiger partial charge in [-0.1, -0.05) is 65.6 Å². The SMILES string of the molecule is O=C(CSc1nn(-c2ccccc2)c(=S)s1)N[C@H]1CCCc2ccccc21. The molecular weight excluding hydrogens is 394 g/mol. The topological polar surface area (TPSA) is 46.9 Å². The third-order valence-electron chi connectivity index (χ3n) is 4.56. The molecule has 4 nitrogen and oxygen atoms in total. The Hall–Kier alpha value is -1.96. The molecule has 138 valence electrons. The van der Waals surface area contributed by atoms with E-state index in [1.54, 1.807) is 4.68 Å². The average Bonchev–Trinajstić information content (AvgIpc) is 3.08. The Labute approximate surface area is 171 Å². The van der Waals surface area contributed by atoms with Gasteiger partial charge < -0.3 is 5.32 Å². The van der Waals surface area contributed by atoms with Crippen LogP contribution in [-0.2, 0) is 11.2 Å². The van der Waals surface area contributed by atoms with E-state index in [4.69, 9.17) is 12.2 Å². The number of nitrogens with zero attached hydrogens (tertiary/aromatic N) is 2. The van der Waals surface area contributed by atoms with E-state index in [2.05, 4.69) is 28.6 Å². The fourth-order valence-corrected chi connectivity index (χ4v) is 5.49. The number of rotatable bonds is 5. The van der Waals surface area contributed by atoms with E-state index in [0.717, 1.165) is 29.3 Å². The number of thioether (sulfide) groups is 1. The van der Waals surface area contributed by atoms with Gasteiger partial charge >= 0.3 is 0 Å². The largest absolute Gasteiger partial charge is 0.349 e. The van der Waals surface area contributed by atoms with Gasteiger partial charge in [0.15, 0.2) is 8.29 Å². The molecular formula is C20H19N3OS3. The summed E-state index contributed by atoms with van der Waals surface area (Å²) < 4.78 is 3.24. The molecule has 0 radical (unpaired) electrons. The van der Waals surface area contributed by atoms with Gasteiger partial charge in [0.2, 0.25) is 5.91 Å². The average molecular weight is 414 g/mol. The summed E-state index contributed by atoms with van der Waals surface area (Å²) in [5.41, 5.74) is 3.54. The zero-order valence-electron chi connectivity index (χ0n) is 14.6. The minimum atomic E-state index is 0.0362. The van der Waals surface area contributed by atoms with E-state index < -0.39 is 0 Å². The number of aryl methyl sites for hydroxylation is 1. The number of fused-ring (bicyclic) bond motifs is 1. The van der Waals surface area contributed by atoms with E-state index in [1.165, 1.54) is 34.2 Å². The maximum Gasteiger partial charge on any atom is 0.230 e. The van der Waals surface area contributed by atoms with Crippen molar-refractivity contribution in [3.05, 3.63) is 69.7 Å². The second-order valence-electron chi connectivity index (χ2n) is 6.38. The van der Waals surface area contributed by atoms with E-state index in [9.17, 15) is 4.79 Å². The van der Waals surface area contributed by atoms with Crippen LogP contribution < -0.4 is 5.32 Å². The molecule has 1 aliphatic rings. The number of carbonyl (C=O) groups is 1. The lowest BCUT2D eigenvalue weighted by Gasteiger charge is -2.26. The lowest BCUT2D eigenvalue weighted by molar-refractivity contribution is -0.119. The third-order valence-corrected chi connectivity index (χ3v) is 6.93. The molecule has 1 aromatic heterocycles. The minimum absolute atomic E-state index is 0.0362. The van der Waals surface area contributed by atoms with Gasteiger partial charge in [-0.2, -0.15) is 0 Å². The highest BCUT2D eigenvalue weighted by Gasteiger charge is 2.21. The van der Waals surface area contributed by atoms with Gasteiger partial charge in [-0.05, 0) is 54.7 Å². The number of aromatic nitrogens is 2. The van der Waals surface area contributed by atoms with Gasteiger partial charge in [0.1, 0.15) is 0 Å². The minimum Gasteiger partial charge on any atom is -0.349 e. The maximum atomic E-state index is 12.5. The summed E-state index contributed by atoms with van der Waals surface area (Å²) in [5, 5.41) is 7.73. The summed E-state index contributed by atoms with van der Waals surface area (Å²) >= 11 is 8.29. The molecule has 0 bridgehead atoms. The Balaban J connectivity index is 1.39. The molecule has 0 spiro atoms. The van der Waals surface area contributed by atoms with Crippen molar-refractivity contribution >= 4 is 41.2 Å². The Bertz CT molecular complexity index is 997. The first-order valence-electron chi connectivity index (χ1n) is 8.86. The Kier molecular flexibility index (Phi) is 5.71. The molecule has 1 atom stereocenters. The van der Waals surface area contributed by atoms with Gasteiger partial charge in [-0.3, -0.25) is 4.79 Å². The fourth-order valence-electron chi connectivity index (χ4n) is 3.32. The summed E-state index contributed by atoms with van der Waals surface area (Å²) in [5.74, 6) is 0.379. The van der Waals surface area contributed by atoms with Gasteiger partial charge in [0, 0.05) is 0 Å². The van der Waals surface area contributed by atoms with Crippen LogP contribution in [0.25, 0.3) is 5.69 Å². The zero-order chi connectivity index (χ0) is 18.6. The second-order valence-corrected chi connectivity index (χ2v) is 9.23. The van der Waals surface area contributed by atoms with Gasteiger partial charge in [-0.15, -0.1) is 5.10 Å². The van der Waals surface area contributed by atoms with E-state index in [0.29, 0.717) is 9.71 Å². The van der Waals surface area contributed by atoms with Crippen LogP contribution in [0.5, 0.6) is 0 Å². The molecule has 0 saturated carbocycles. The molecule has 2 aromatic carbocycles. The van der Waals surface area contributed by atoms with E-state index in [1.807, 2.05) is 36.4 Å². The van der Waals surface area contributed by atoms with Crippen LogP contribution in [0.3, 0.4) is 0 Å². The molecule has 0 saturated heterocycles. The highest BCUT2D eigenvalue weighted by atomic mass is 32.2. The molecule has 1 heterocycles. The first kappa shape index (κ1) is 18.4. The lowest BCUT2D eigenvalue weighted by Crippen LogP contribution is -2.32. The van der Waals surface area contributed by atoms with E-state index in [-0.39, 0.29) is 11.9 Å². The predicted molar refractivity (Wildman–Crippen MR) is 113 cm³/mol. The van der Waals surface area contributed by atoms with Crippen LogP contribution in [0, 0.1) is 3.95 Å². The number of carbonyl (C=O) groups excluding carboxylic acids is 1. The van der Waals surface area contributed by atoms with Crippen LogP contribution in [-0.4, -0.2) is 21.4 Å². The summed E-state index contributed by atoms with van der Waals surface area (Å²) in [6, 6.07) is 18.3. The monoisotopic (exact) mass is 413 g/mol. The van der Waals surface area contributed by atoms with Gasteiger partial charge in [-0.25, -0.2) is 4.68 Å². The molecule has 0 fully saturated rings. The van der Waals surface area contributed by atoms with Gasteiger partial charge in [0.05, 0.1) is 17.5 Å². The molecule has 0 aliphatic heterocycles. The Morgan fingerprint density at radius 3 is 2.85 bits per heavy atom. The van der Waals surface area contributed by atoms with Crippen molar-refractivity contribution in [2.75, 3.05) is 5.75 Å². The summed E-state index contributed by atoms with van der Waals surface area (Å²) in [6.45, 7) is 0. The van der Waals surface area contributed by atoms with Crippen molar-refractivity contribution < 1.29 is 4.79 Å². The van der Waals surface area contributed by atoms with Crippen molar-refractivity contribution in [1.82, 2.24) is 15.1 Å². The quantitative estimate of drug-likeness (QED) is 0.475.